The van der Waals surface area contributed by atoms with Gasteiger partial charge in [0.05, 0.1) is 0 Å². The van der Waals surface area contributed by atoms with E-state index >= 15 is 0 Å². The van der Waals surface area contributed by atoms with Crippen molar-refractivity contribution in [1.29, 1.82) is 0 Å². The Morgan fingerprint density at radius 3 is 2.62 bits per heavy atom. The molecule has 0 aliphatic heterocycles. The molecular formula is C21H14O5. The lowest BCUT2D eigenvalue weighted by atomic mass is 10.0. The number of benzene rings is 3. The van der Waals surface area contributed by atoms with Crippen LogP contribution in [0, 0.1) is 0 Å². The summed E-state index contributed by atoms with van der Waals surface area (Å²) in [6.45, 7) is -0.108. The molecule has 4 rings (SSSR count). The van der Waals surface area contributed by atoms with Crippen molar-refractivity contribution in [2.45, 2.75) is 6.61 Å². The maximum Gasteiger partial charge on any atom is 0.342 e. The number of esters is 1. The second-order valence-corrected chi connectivity index (χ2v) is 5.84. The van der Waals surface area contributed by atoms with Gasteiger partial charge in [0.1, 0.15) is 23.5 Å². The van der Waals surface area contributed by atoms with E-state index in [1.807, 2.05) is 30.3 Å². The molecule has 128 valence electrons. The largest absolute Gasteiger partial charge is 0.507 e. The van der Waals surface area contributed by atoms with Gasteiger partial charge in [0, 0.05) is 17.0 Å². The Bertz CT molecular complexity index is 1190. The third-order valence-electron chi connectivity index (χ3n) is 4.20. The van der Waals surface area contributed by atoms with E-state index < -0.39 is 11.6 Å². The van der Waals surface area contributed by atoms with Crippen LogP contribution in [-0.2, 0) is 11.3 Å². The summed E-state index contributed by atoms with van der Waals surface area (Å²) in [5.74, 6) is -0.815. The molecule has 3 aromatic carbocycles. The normalized spacial score (nSPS) is 10.9. The molecule has 0 bridgehead atoms. The third kappa shape index (κ3) is 2.80. The van der Waals surface area contributed by atoms with Crippen molar-refractivity contribution in [1.82, 2.24) is 0 Å². The van der Waals surface area contributed by atoms with Gasteiger partial charge in [0.15, 0.2) is 0 Å². The van der Waals surface area contributed by atoms with Crippen LogP contribution in [0.3, 0.4) is 0 Å². The molecule has 26 heavy (non-hydrogen) atoms. The molecule has 0 spiro atoms. The summed E-state index contributed by atoms with van der Waals surface area (Å²) in [5, 5.41) is 12.4. The minimum Gasteiger partial charge on any atom is -0.507 e. The number of aromatic hydroxyl groups is 1. The van der Waals surface area contributed by atoms with Crippen molar-refractivity contribution in [3.8, 4) is 5.75 Å². The number of carbonyl (C=O) groups is 1. The average molecular weight is 346 g/mol. The van der Waals surface area contributed by atoms with Crippen LogP contribution in [0.5, 0.6) is 5.75 Å². The van der Waals surface area contributed by atoms with Crippen molar-refractivity contribution in [3.63, 3.8) is 0 Å². The number of carbonyl (C=O) groups excluding carboxylic acids is 1. The SMILES string of the molecule is O=C(OCc1cc(=O)oc2ccc3ccccc3c12)c1ccccc1O. The van der Waals surface area contributed by atoms with Crippen LogP contribution in [0.4, 0.5) is 0 Å². The second kappa shape index (κ2) is 6.37. The van der Waals surface area contributed by atoms with Gasteiger partial charge in [-0.15, -0.1) is 0 Å². The molecule has 0 amide bonds. The topological polar surface area (TPSA) is 76.7 Å². The van der Waals surface area contributed by atoms with Gasteiger partial charge >= 0.3 is 11.6 Å². The van der Waals surface area contributed by atoms with Gasteiger partial charge in [0.25, 0.3) is 0 Å². The average Bonchev–Trinajstić information content (AvgIpc) is 2.65. The molecule has 0 aliphatic rings. The molecule has 0 aliphatic carbocycles. The maximum absolute atomic E-state index is 12.2. The molecule has 0 fully saturated rings. The first-order valence-electron chi connectivity index (χ1n) is 8.03. The Labute approximate surface area is 148 Å². The number of rotatable bonds is 3. The molecule has 5 heteroatoms. The molecule has 5 nitrogen and oxygen atoms in total. The Balaban J connectivity index is 1.76. The Morgan fingerprint density at radius 2 is 1.77 bits per heavy atom. The standard InChI is InChI=1S/C21H14O5/c22-17-8-4-3-7-16(17)21(24)25-12-14-11-19(23)26-18-10-9-13-5-1-2-6-15(13)20(14)18/h1-11,22H,12H2. The van der Waals surface area contributed by atoms with Crippen LogP contribution >= 0.6 is 0 Å². The van der Waals surface area contributed by atoms with Crippen molar-refractivity contribution in [3.05, 3.63) is 88.3 Å². The summed E-state index contributed by atoms with van der Waals surface area (Å²) < 4.78 is 10.6. The zero-order valence-electron chi connectivity index (χ0n) is 13.6. The number of para-hydroxylation sites is 1. The van der Waals surface area contributed by atoms with Gasteiger partial charge in [-0.05, 0) is 29.0 Å². The quantitative estimate of drug-likeness (QED) is 0.345. The van der Waals surface area contributed by atoms with Crippen molar-refractivity contribution in [2.24, 2.45) is 0 Å². The van der Waals surface area contributed by atoms with Crippen LogP contribution < -0.4 is 5.63 Å². The highest BCUT2D eigenvalue weighted by Crippen LogP contribution is 2.28. The van der Waals surface area contributed by atoms with Crippen LogP contribution in [-0.4, -0.2) is 11.1 Å². The molecule has 0 unspecified atom stereocenters. The van der Waals surface area contributed by atoms with Gasteiger partial charge in [-0.3, -0.25) is 0 Å². The fourth-order valence-corrected chi connectivity index (χ4v) is 3.00. The third-order valence-corrected chi connectivity index (χ3v) is 4.20. The summed E-state index contributed by atoms with van der Waals surface area (Å²) in [7, 11) is 0. The first-order chi connectivity index (χ1) is 12.6. The zero-order chi connectivity index (χ0) is 18.1. The predicted octanol–water partition coefficient (Wildman–Crippen LogP) is 4.01. The minimum absolute atomic E-state index is 0.0737. The van der Waals surface area contributed by atoms with Crippen molar-refractivity contribution in [2.75, 3.05) is 0 Å². The lowest BCUT2D eigenvalue weighted by Crippen LogP contribution is -2.08. The first-order valence-corrected chi connectivity index (χ1v) is 8.03. The lowest BCUT2D eigenvalue weighted by molar-refractivity contribution is 0.0470. The second-order valence-electron chi connectivity index (χ2n) is 5.84. The number of phenolic OH excluding ortho intramolecular Hbond substituents is 1. The summed E-state index contributed by atoms with van der Waals surface area (Å²) in [6.07, 6.45) is 0. The fraction of sp³-hybridized carbons (Fsp3) is 0.0476. The molecule has 4 aromatic rings. The van der Waals surface area contributed by atoms with E-state index in [0.717, 1.165) is 16.2 Å². The molecule has 0 saturated heterocycles. The van der Waals surface area contributed by atoms with Crippen molar-refractivity contribution < 1.29 is 19.1 Å². The molecule has 0 saturated carbocycles. The highest BCUT2D eigenvalue weighted by atomic mass is 16.5. The van der Waals surface area contributed by atoms with E-state index in [0.29, 0.717) is 11.1 Å². The molecule has 0 radical (unpaired) electrons. The van der Waals surface area contributed by atoms with E-state index in [-0.39, 0.29) is 17.9 Å². The van der Waals surface area contributed by atoms with Crippen LogP contribution in [0.25, 0.3) is 21.7 Å². The van der Waals surface area contributed by atoms with E-state index in [1.165, 1.54) is 18.2 Å². The lowest BCUT2D eigenvalue weighted by Gasteiger charge is -2.10. The van der Waals surface area contributed by atoms with Gasteiger partial charge in [-0.25, -0.2) is 9.59 Å². The minimum atomic E-state index is -0.662. The molecule has 1 heterocycles. The van der Waals surface area contributed by atoms with E-state index in [1.54, 1.807) is 18.2 Å². The predicted molar refractivity (Wildman–Crippen MR) is 97.2 cm³/mol. The Kier molecular flexibility index (Phi) is 3.89. The Morgan fingerprint density at radius 1 is 1.00 bits per heavy atom. The van der Waals surface area contributed by atoms with Gasteiger partial charge in [-0.2, -0.15) is 0 Å². The van der Waals surface area contributed by atoms with E-state index in [2.05, 4.69) is 0 Å². The van der Waals surface area contributed by atoms with Gasteiger partial charge < -0.3 is 14.3 Å². The summed E-state index contributed by atoms with van der Waals surface area (Å²) >= 11 is 0. The summed E-state index contributed by atoms with van der Waals surface area (Å²) in [4.78, 5) is 24.1. The smallest absolute Gasteiger partial charge is 0.342 e. The van der Waals surface area contributed by atoms with Crippen LogP contribution in [0.2, 0.25) is 0 Å². The van der Waals surface area contributed by atoms with Crippen LogP contribution in [0.1, 0.15) is 15.9 Å². The fourth-order valence-electron chi connectivity index (χ4n) is 3.00. The summed E-state index contributed by atoms with van der Waals surface area (Å²) in [6, 6.07) is 18.8. The highest BCUT2D eigenvalue weighted by molar-refractivity contribution is 6.07. The number of hydrogen-bond donors (Lipinski definition) is 1. The number of fused-ring (bicyclic) bond motifs is 3. The molecule has 0 atom stereocenters. The summed E-state index contributed by atoms with van der Waals surface area (Å²) in [5.41, 5.74) is 0.549. The number of ether oxygens (including phenoxy) is 1. The number of hydrogen-bond acceptors (Lipinski definition) is 5. The monoisotopic (exact) mass is 346 g/mol. The molecule has 1 aromatic heterocycles. The molecular weight excluding hydrogens is 332 g/mol. The zero-order valence-corrected chi connectivity index (χ0v) is 13.6. The maximum atomic E-state index is 12.2. The Hall–Kier alpha value is -3.60. The highest BCUT2D eigenvalue weighted by Gasteiger charge is 2.15. The van der Waals surface area contributed by atoms with Gasteiger partial charge in [0.2, 0.25) is 0 Å². The first kappa shape index (κ1) is 15.9. The van der Waals surface area contributed by atoms with Crippen LogP contribution in [0.15, 0.2) is 75.9 Å². The van der Waals surface area contributed by atoms with E-state index in [9.17, 15) is 14.7 Å². The number of phenols is 1. The molecule has 1 N–H and O–H groups in total. The van der Waals surface area contributed by atoms with Gasteiger partial charge in [-0.1, -0.05) is 42.5 Å². The van der Waals surface area contributed by atoms with E-state index in [4.69, 9.17) is 9.15 Å². The van der Waals surface area contributed by atoms with Crippen molar-refractivity contribution >= 4 is 27.7 Å².